The number of nitrogens with zero attached hydrogens (tertiary/aromatic N) is 4. The minimum absolute atomic E-state index is 0.212. The lowest BCUT2D eigenvalue weighted by atomic mass is 10.4. The molecule has 0 unspecified atom stereocenters. The first kappa shape index (κ1) is 10.2. The summed E-state index contributed by atoms with van der Waals surface area (Å²) in [7, 11) is 0. The van der Waals surface area contributed by atoms with Crippen LogP contribution in [0.15, 0.2) is 16.7 Å². The molecule has 0 aliphatic heterocycles. The smallest absolute Gasteiger partial charge is 0.177 e. The molecule has 0 bridgehead atoms. The molecule has 0 fully saturated rings. The van der Waals surface area contributed by atoms with E-state index in [1.807, 2.05) is 0 Å². The van der Waals surface area contributed by atoms with Gasteiger partial charge in [0.2, 0.25) is 0 Å². The third kappa shape index (κ3) is 1.77. The van der Waals surface area contributed by atoms with E-state index >= 15 is 0 Å². The van der Waals surface area contributed by atoms with E-state index in [4.69, 9.17) is 0 Å². The van der Waals surface area contributed by atoms with Crippen molar-refractivity contribution in [2.75, 3.05) is 0 Å². The first-order chi connectivity index (χ1) is 7.09. The highest BCUT2D eigenvalue weighted by Crippen LogP contribution is 2.17. The Morgan fingerprint density at radius 2 is 1.80 bits per heavy atom. The molecule has 15 heavy (non-hydrogen) atoms. The maximum atomic E-state index is 13.5. The first-order valence-electron chi connectivity index (χ1n) is 4.30. The van der Waals surface area contributed by atoms with Crippen molar-refractivity contribution in [2.45, 2.75) is 13.8 Å². The highest BCUT2D eigenvalue weighted by atomic mass is 79.9. The molecule has 0 amide bonds. The second-order valence-corrected chi connectivity index (χ2v) is 3.88. The average molecular weight is 271 g/mol. The van der Waals surface area contributed by atoms with Crippen molar-refractivity contribution in [1.82, 2.24) is 19.7 Å². The Balaban J connectivity index is 2.68. The van der Waals surface area contributed by atoms with E-state index in [2.05, 4.69) is 31.1 Å². The third-order valence-corrected chi connectivity index (χ3v) is 2.43. The van der Waals surface area contributed by atoms with Crippen LogP contribution < -0.4 is 0 Å². The molecule has 0 aromatic carbocycles. The predicted molar refractivity (Wildman–Crippen MR) is 56.3 cm³/mol. The summed E-state index contributed by atoms with van der Waals surface area (Å²) in [5.41, 5.74) is 0. The fraction of sp³-hybridized carbons (Fsp3) is 0.222. The lowest BCUT2D eigenvalue weighted by Crippen LogP contribution is -2.05. The zero-order valence-electron chi connectivity index (χ0n) is 8.20. The summed E-state index contributed by atoms with van der Waals surface area (Å²) < 4.78 is 15.7. The fourth-order valence-electron chi connectivity index (χ4n) is 1.34. The number of aromatic nitrogens is 4. The van der Waals surface area contributed by atoms with Crippen LogP contribution in [0, 0.1) is 19.7 Å². The van der Waals surface area contributed by atoms with Gasteiger partial charge in [-0.25, -0.2) is 9.37 Å². The number of halogens is 2. The van der Waals surface area contributed by atoms with Crippen molar-refractivity contribution >= 4 is 15.9 Å². The van der Waals surface area contributed by atoms with Gasteiger partial charge in [-0.2, -0.15) is 0 Å². The van der Waals surface area contributed by atoms with Gasteiger partial charge >= 0.3 is 0 Å². The van der Waals surface area contributed by atoms with Crippen molar-refractivity contribution in [1.29, 1.82) is 0 Å². The Labute approximate surface area is 94.3 Å². The molecule has 0 spiro atoms. The normalized spacial score (nSPS) is 10.7. The zero-order valence-corrected chi connectivity index (χ0v) is 9.79. The van der Waals surface area contributed by atoms with Crippen LogP contribution in [0.2, 0.25) is 0 Å². The number of hydrogen-bond donors (Lipinski definition) is 0. The summed E-state index contributed by atoms with van der Waals surface area (Å²) in [6.07, 6.45) is 0. The van der Waals surface area contributed by atoms with Gasteiger partial charge < -0.3 is 0 Å². The molecule has 4 nitrogen and oxygen atoms in total. The van der Waals surface area contributed by atoms with Crippen LogP contribution in [0.3, 0.4) is 0 Å². The fourth-order valence-corrected chi connectivity index (χ4v) is 1.64. The van der Waals surface area contributed by atoms with Gasteiger partial charge in [0.25, 0.3) is 0 Å². The van der Waals surface area contributed by atoms with E-state index in [1.165, 1.54) is 6.07 Å². The van der Waals surface area contributed by atoms with Crippen molar-refractivity contribution in [2.24, 2.45) is 0 Å². The molecule has 2 heterocycles. The van der Waals surface area contributed by atoms with Crippen LogP contribution in [0.1, 0.15) is 11.6 Å². The topological polar surface area (TPSA) is 43.6 Å². The largest absolute Gasteiger partial charge is 0.264 e. The van der Waals surface area contributed by atoms with Gasteiger partial charge in [0.1, 0.15) is 16.3 Å². The Morgan fingerprint density at radius 3 is 2.40 bits per heavy atom. The summed E-state index contributed by atoms with van der Waals surface area (Å²) in [6, 6.07) is 2.90. The number of aryl methyl sites for hydroxylation is 2. The molecule has 0 atom stereocenters. The summed E-state index contributed by atoms with van der Waals surface area (Å²) in [4.78, 5) is 4.06. The van der Waals surface area contributed by atoms with Gasteiger partial charge in [-0.05, 0) is 41.9 Å². The third-order valence-electron chi connectivity index (χ3n) is 1.99. The van der Waals surface area contributed by atoms with Gasteiger partial charge in [0.05, 0.1) is 0 Å². The van der Waals surface area contributed by atoms with Crippen LogP contribution >= 0.6 is 15.9 Å². The zero-order chi connectivity index (χ0) is 11.0. The van der Waals surface area contributed by atoms with Crippen molar-refractivity contribution in [3.05, 3.63) is 34.2 Å². The van der Waals surface area contributed by atoms with E-state index in [1.54, 1.807) is 24.5 Å². The summed E-state index contributed by atoms with van der Waals surface area (Å²) >= 11 is 3.20. The Hall–Kier alpha value is -1.30. The van der Waals surface area contributed by atoms with Gasteiger partial charge in [0.15, 0.2) is 11.6 Å². The summed E-state index contributed by atoms with van der Waals surface area (Å²) in [5, 5.41) is 7.71. The van der Waals surface area contributed by atoms with E-state index in [-0.39, 0.29) is 5.82 Å². The highest BCUT2D eigenvalue weighted by Gasteiger charge is 2.12. The molecule has 0 aliphatic rings. The number of pyridine rings is 1. The van der Waals surface area contributed by atoms with Gasteiger partial charge in [0, 0.05) is 0 Å². The molecule has 2 aromatic heterocycles. The molecule has 0 radical (unpaired) electrons. The Morgan fingerprint density at radius 1 is 1.20 bits per heavy atom. The van der Waals surface area contributed by atoms with Gasteiger partial charge in [-0.15, -0.1) is 10.2 Å². The van der Waals surface area contributed by atoms with Crippen molar-refractivity contribution in [3.8, 4) is 5.82 Å². The molecule has 0 saturated carbocycles. The molecule has 2 rings (SSSR count). The van der Waals surface area contributed by atoms with Crippen molar-refractivity contribution in [3.63, 3.8) is 0 Å². The minimum Gasteiger partial charge on any atom is -0.264 e. The van der Waals surface area contributed by atoms with E-state index in [0.717, 1.165) is 0 Å². The van der Waals surface area contributed by atoms with Gasteiger partial charge in [-0.3, -0.25) is 4.57 Å². The first-order valence-corrected chi connectivity index (χ1v) is 5.10. The average Bonchev–Trinajstić information content (AvgIpc) is 2.51. The quantitative estimate of drug-likeness (QED) is 0.747. The highest BCUT2D eigenvalue weighted by molar-refractivity contribution is 9.10. The standard InChI is InChI=1S/C9H8BrFN4/c1-5-13-14-6(2)15(5)9-7(11)3-4-8(10)12-9/h3-4H,1-2H3. The second-order valence-electron chi connectivity index (χ2n) is 3.07. The molecule has 2 aromatic rings. The van der Waals surface area contributed by atoms with E-state index in [9.17, 15) is 4.39 Å². The number of hydrogen-bond acceptors (Lipinski definition) is 3. The predicted octanol–water partition coefficient (Wildman–Crippen LogP) is 2.18. The minimum atomic E-state index is -0.399. The van der Waals surface area contributed by atoms with Gasteiger partial charge in [-0.1, -0.05) is 0 Å². The molecule has 0 N–H and O–H groups in total. The molecular weight excluding hydrogens is 263 g/mol. The van der Waals surface area contributed by atoms with Crippen LogP contribution in [-0.4, -0.2) is 19.7 Å². The second kappa shape index (κ2) is 3.69. The maximum Gasteiger partial charge on any atom is 0.177 e. The monoisotopic (exact) mass is 270 g/mol. The molecule has 78 valence electrons. The molecule has 6 heteroatoms. The SMILES string of the molecule is Cc1nnc(C)n1-c1nc(Br)ccc1F. The Kier molecular flexibility index (Phi) is 2.52. The van der Waals surface area contributed by atoms with E-state index < -0.39 is 5.82 Å². The van der Waals surface area contributed by atoms with Crippen molar-refractivity contribution < 1.29 is 4.39 Å². The molecule has 0 aliphatic carbocycles. The van der Waals surface area contributed by atoms with Crippen LogP contribution in [0.25, 0.3) is 5.82 Å². The summed E-state index contributed by atoms with van der Waals surface area (Å²) in [6.45, 7) is 3.50. The molecular formula is C9H8BrFN4. The lowest BCUT2D eigenvalue weighted by Gasteiger charge is -2.06. The summed E-state index contributed by atoms with van der Waals surface area (Å²) in [5.74, 6) is 1.03. The van der Waals surface area contributed by atoms with Crippen LogP contribution in [-0.2, 0) is 0 Å². The van der Waals surface area contributed by atoms with Crippen LogP contribution in [0.5, 0.6) is 0 Å². The number of rotatable bonds is 1. The lowest BCUT2D eigenvalue weighted by molar-refractivity contribution is 0.604. The Bertz CT molecular complexity index is 489. The van der Waals surface area contributed by atoms with E-state index in [0.29, 0.717) is 16.3 Å². The molecule has 0 saturated heterocycles. The maximum absolute atomic E-state index is 13.5. The van der Waals surface area contributed by atoms with Crippen LogP contribution in [0.4, 0.5) is 4.39 Å².